The first kappa shape index (κ1) is 18.8. The van der Waals surface area contributed by atoms with Gasteiger partial charge in [0.05, 0.1) is 30.0 Å². The molecule has 0 N–H and O–H groups in total. The second-order valence-corrected chi connectivity index (χ2v) is 6.31. The molecule has 2 aromatic carbocycles. The zero-order chi connectivity index (χ0) is 18.9. The van der Waals surface area contributed by atoms with Gasteiger partial charge >= 0.3 is 5.97 Å². The molecule has 0 saturated heterocycles. The van der Waals surface area contributed by atoms with Crippen LogP contribution in [-0.4, -0.2) is 24.2 Å². The van der Waals surface area contributed by atoms with Crippen molar-refractivity contribution in [3.8, 4) is 11.5 Å². The molecule has 0 unspecified atom stereocenters. The number of nitrogens with zero attached hydrogens (tertiary/aromatic N) is 1. The first-order chi connectivity index (χ1) is 13.2. The van der Waals surface area contributed by atoms with Crippen molar-refractivity contribution in [2.45, 2.75) is 13.0 Å². The van der Waals surface area contributed by atoms with Crippen molar-refractivity contribution < 1.29 is 23.4 Å². The summed E-state index contributed by atoms with van der Waals surface area (Å²) in [5.41, 5.74) is 3.01. The van der Waals surface area contributed by atoms with E-state index in [2.05, 4.69) is 4.98 Å². The molecule has 0 aliphatic heterocycles. The number of thiazole rings is 1. The van der Waals surface area contributed by atoms with Gasteiger partial charge in [-0.1, -0.05) is 6.07 Å². The van der Waals surface area contributed by atoms with Crippen molar-refractivity contribution >= 4 is 17.3 Å². The molecule has 0 radical (unpaired) electrons. The van der Waals surface area contributed by atoms with Gasteiger partial charge in [-0.2, -0.15) is 0 Å². The Bertz CT molecular complexity index is 853. The smallest absolute Gasteiger partial charge is 0.338 e. The molecular weight excluding hydrogens is 369 g/mol. The molecule has 1 aromatic heterocycles. The Morgan fingerprint density at radius 1 is 1.04 bits per heavy atom. The molecule has 0 spiro atoms. The summed E-state index contributed by atoms with van der Waals surface area (Å²) in [6.07, 6.45) is 0.531. The van der Waals surface area contributed by atoms with E-state index in [9.17, 15) is 9.18 Å². The van der Waals surface area contributed by atoms with Gasteiger partial charge in [-0.3, -0.25) is 0 Å². The summed E-state index contributed by atoms with van der Waals surface area (Å²) < 4.78 is 29.1. The lowest BCUT2D eigenvalue weighted by atomic mass is 10.2. The SMILES string of the molecule is O=C(OCCCOc1ccc(F)cc1)c1cccc(OCc2cscn2)c1. The molecule has 5 nitrogen and oxygen atoms in total. The molecular formula is C20H18FNO4S. The highest BCUT2D eigenvalue weighted by Crippen LogP contribution is 2.16. The lowest BCUT2D eigenvalue weighted by Crippen LogP contribution is -2.09. The summed E-state index contributed by atoms with van der Waals surface area (Å²) in [4.78, 5) is 16.3. The second-order valence-electron chi connectivity index (χ2n) is 5.59. The average molecular weight is 387 g/mol. The third kappa shape index (κ3) is 6.07. The Hall–Kier alpha value is -2.93. The molecule has 7 heteroatoms. The van der Waals surface area contributed by atoms with Crippen molar-refractivity contribution in [2.24, 2.45) is 0 Å². The monoisotopic (exact) mass is 387 g/mol. The first-order valence-corrected chi connectivity index (χ1v) is 9.30. The van der Waals surface area contributed by atoms with Gasteiger partial charge in [-0.15, -0.1) is 11.3 Å². The summed E-state index contributed by atoms with van der Waals surface area (Å²) in [7, 11) is 0. The lowest BCUT2D eigenvalue weighted by molar-refractivity contribution is 0.0485. The van der Waals surface area contributed by atoms with Crippen LogP contribution in [0.25, 0.3) is 0 Å². The van der Waals surface area contributed by atoms with Crippen molar-refractivity contribution in [3.05, 3.63) is 76.5 Å². The molecule has 3 rings (SSSR count). The molecule has 1 heterocycles. The van der Waals surface area contributed by atoms with Gasteiger partial charge in [0.1, 0.15) is 23.9 Å². The summed E-state index contributed by atoms with van der Waals surface area (Å²) in [6.45, 7) is 0.947. The molecule has 0 atom stereocenters. The third-order valence-electron chi connectivity index (χ3n) is 3.54. The number of esters is 1. The molecule has 3 aromatic rings. The molecule has 0 bridgehead atoms. The van der Waals surface area contributed by atoms with Crippen LogP contribution in [0.1, 0.15) is 22.5 Å². The van der Waals surface area contributed by atoms with E-state index in [0.717, 1.165) is 5.69 Å². The minimum absolute atomic E-state index is 0.226. The Morgan fingerprint density at radius 2 is 1.89 bits per heavy atom. The van der Waals surface area contributed by atoms with Crippen LogP contribution < -0.4 is 9.47 Å². The standard InChI is InChI=1S/C20H18FNO4S/c21-16-5-7-18(8-6-16)24-9-2-10-25-20(23)15-3-1-4-19(11-15)26-12-17-13-27-14-22-17/h1,3-8,11,13-14H,2,9-10,12H2. The second kappa shape index (κ2) is 9.68. The Morgan fingerprint density at radius 3 is 2.67 bits per heavy atom. The largest absolute Gasteiger partial charge is 0.493 e. The lowest BCUT2D eigenvalue weighted by Gasteiger charge is -2.08. The fraction of sp³-hybridized carbons (Fsp3) is 0.200. The van der Waals surface area contributed by atoms with Gasteiger partial charge in [0.2, 0.25) is 0 Å². The minimum atomic E-state index is -0.420. The molecule has 27 heavy (non-hydrogen) atoms. The fourth-order valence-corrected chi connectivity index (χ4v) is 2.75. The van der Waals surface area contributed by atoms with E-state index in [0.29, 0.717) is 36.7 Å². The van der Waals surface area contributed by atoms with E-state index in [1.54, 1.807) is 41.9 Å². The number of ether oxygens (including phenoxy) is 3. The Kier molecular flexibility index (Phi) is 6.76. The number of carbonyl (C=O) groups is 1. The van der Waals surface area contributed by atoms with Crippen LogP contribution in [-0.2, 0) is 11.3 Å². The zero-order valence-electron chi connectivity index (χ0n) is 14.5. The number of hydrogen-bond acceptors (Lipinski definition) is 6. The average Bonchev–Trinajstić information content (AvgIpc) is 3.21. The highest BCUT2D eigenvalue weighted by Gasteiger charge is 2.08. The van der Waals surface area contributed by atoms with Gasteiger partial charge in [-0.05, 0) is 42.5 Å². The van der Waals surface area contributed by atoms with Crippen molar-refractivity contribution in [1.29, 1.82) is 0 Å². The zero-order valence-corrected chi connectivity index (χ0v) is 15.3. The van der Waals surface area contributed by atoms with Crippen LogP contribution in [0, 0.1) is 5.82 Å². The maximum Gasteiger partial charge on any atom is 0.338 e. The summed E-state index contributed by atoms with van der Waals surface area (Å²) in [5, 5.41) is 1.91. The number of hydrogen-bond donors (Lipinski definition) is 0. The first-order valence-electron chi connectivity index (χ1n) is 8.36. The highest BCUT2D eigenvalue weighted by molar-refractivity contribution is 7.07. The van der Waals surface area contributed by atoms with Gasteiger partial charge in [0, 0.05) is 11.8 Å². The predicted molar refractivity (Wildman–Crippen MR) is 99.7 cm³/mol. The van der Waals surface area contributed by atoms with Crippen LogP contribution in [0.15, 0.2) is 59.4 Å². The van der Waals surface area contributed by atoms with E-state index in [4.69, 9.17) is 14.2 Å². The van der Waals surface area contributed by atoms with Crippen LogP contribution in [0.3, 0.4) is 0 Å². The van der Waals surface area contributed by atoms with Crippen LogP contribution in [0.4, 0.5) is 4.39 Å². The molecule has 0 saturated carbocycles. The number of rotatable bonds is 9. The Labute approximate surface area is 160 Å². The number of aromatic nitrogens is 1. The summed E-state index contributed by atoms with van der Waals surface area (Å²) >= 11 is 1.50. The van der Waals surface area contributed by atoms with Gasteiger partial charge in [0.25, 0.3) is 0 Å². The minimum Gasteiger partial charge on any atom is -0.493 e. The van der Waals surface area contributed by atoms with Crippen molar-refractivity contribution in [2.75, 3.05) is 13.2 Å². The van der Waals surface area contributed by atoms with Crippen molar-refractivity contribution in [1.82, 2.24) is 4.98 Å². The summed E-state index contributed by atoms with van der Waals surface area (Å²) in [5.74, 6) is 0.426. The van der Waals surface area contributed by atoms with Crippen LogP contribution >= 0.6 is 11.3 Å². The quantitative estimate of drug-likeness (QED) is 0.400. The van der Waals surface area contributed by atoms with E-state index in [-0.39, 0.29) is 12.4 Å². The van der Waals surface area contributed by atoms with E-state index >= 15 is 0 Å². The van der Waals surface area contributed by atoms with Crippen LogP contribution in [0.5, 0.6) is 11.5 Å². The molecule has 0 aliphatic rings. The van der Waals surface area contributed by atoms with Gasteiger partial charge in [0.15, 0.2) is 0 Å². The van der Waals surface area contributed by atoms with E-state index in [1.165, 1.54) is 23.5 Å². The Balaban J connectivity index is 1.39. The highest BCUT2D eigenvalue weighted by atomic mass is 32.1. The fourth-order valence-electron chi connectivity index (χ4n) is 2.21. The molecule has 0 aliphatic carbocycles. The molecule has 140 valence electrons. The number of carbonyl (C=O) groups excluding carboxylic acids is 1. The van der Waals surface area contributed by atoms with Gasteiger partial charge < -0.3 is 14.2 Å². The summed E-state index contributed by atoms with van der Waals surface area (Å²) in [6, 6.07) is 12.6. The van der Waals surface area contributed by atoms with Gasteiger partial charge in [-0.25, -0.2) is 14.2 Å². The topological polar surface area (TPSA) is 57.7 Å². The van der Waals surface area contributed by atoms with Crippen molar-refractivity contribution in [3.63, 3.8) is 0 Å². The third-order valence-corrected chi connectivity index (χ3v) is 4.18. The van der Waals surface area contributed by atoms with Crippen LogP contribution in [0.2, 0.25) is 0 Å². The molecule has 0 fully saturated rings. The predicted octanol–water partition coefficient (Wildman–Crippen LogP) is 4.49. The van der Waals surface area contributed by atoms with E-state index < -0.39 is 5.97 Å². The normalized spacial score (nSPS) is 10.4. The number of halogens is 1. The maximum absolute atomic E-state index is 12.8. The number of benzene rings is 2. The van der Waals surface area contributed by atoms with E-state index in [1.807, 2.05) is 5.38 Å². The molecule has 0 amide bonds. The maximum atomic E-state index is 12.8.